The second-order valence-electron chi connectivity index (χ2n) is 10.1. The highest BCUT2D eigenvalue weighted by Gasteiger charge is 2.46. The number of methoxy groups -OCH3 is 1. The van der Waals surface area contributed by atoms with Gasteiger partial charge in [0.15, 0.2) is 5.82 Å². The van der Waals surface area contributed by atoms with Crippen molar-refractivity contribution in [3.63, 3.8) is 0 Å². The molecule has 2 aliphatic rings. The summed E-state index contributed by atoms with van der Waals surface area (Å²) in [5.74, 6) is -6.23. The first-order valence-corrected chi connectivity index (χ1v) is 12.4. The molecule has 10 nitrogen and oxygen atoms in total. The molecule has 0 bridgehead atoms. The van der Waals surface area contributed by atoms with E-state index >= 15 is 0 Å². The summed E-state index contributed by atoms with van der Waals surface area (Å²) in [6.07, 6.45) is -6.67. The highest BCUT2D eigenvalue weighted by Crippen LogP contribution is 2.41. The number of alkyl halides is 6. The highest BCUT2D eigenvalue weighted by atomic mass is 19.4. The summed E-state index contributed by atoms with van der Waals surface area (Å²) in [4.78, 5) is 35.0. The van der Waals surface area contributed by atoms with Gasteiger partial charge in [-0.15, -0.1) is 0 Å². The van der Waals surface area contributed by atoms with Crippen LogP contribution in [-0.2, 0) is 11.0 Å². The number of ether oxygens (including phenoxy) is 1. The Labute approximate surface area is 230 Å². The van der Waals surface area contributed by atoms with Crippen molar-refractivity contribution >= 4 is 23.1 Å². The van der Waals surface area contributed by atoms with E-state index in [1.165, 1.54) is 13.0 Å². The Morgan fingerprint density at radius 1 is 1.27 bits per heavy atom. The van der Waals surface area contributed by atoms with Crippen LogP contribution in [0.25, 0.3) is 16.8 Å². The smallest absolute Gasteiger partial charge is 0.418 e. The van der Waals surface area contributed by atoms with E-state index in [-0.39, 0.29) is 41.4 Å². The number of rotatable bonds is 5. The van der Waals surface area contributed by atoms with Gasteiger partial charge in [-0.3, -0.25) is 9.59 Å². The van der Waals surface area contributed by atoms with Crippen LogP contribution in [0.1, 0.15) is 42.2 Å². The van der Waals surface area contributed by atoms with Crippen molar-refractivity contribution in [3.8, 4) is 17.1 Å². The van der Waals surface area contributed by atoms with Gasteiger partial charge in [-0.2, -0.15) is 18.3 Å². The minimum atomic E-state index is -4.82. The number of nitrogens with two attached hydrogens (primary N) is 1. The van der Waals surface area contributed by atoms with Gasteiger partial charge in [-0.1, -0.05) is 0 Å². The van der Waals surface area contributed by atoms with Crippen LogP contribution >= 0.6 is 0 Å². The number of nitrogen functional groups attached to an aromatic ring is 1. The van der Waals surface area contributed by atoms with Crippen LogP contribution in [0.15, 0.2) is 18.5 Å². The van der Waals surface area contributed by atoms with E-state index in [9.17, 15) is 35.9 Å². The molecule has 4 heterocycles. The van der Waals surface area contributed by atoms with Crippen LogP contribution in [0, 0.1) is 12.8 Å². The molecule has 1 saturated carbocycles. The zero-order valence-corrected chi connectivity index (χ0v) is 21.5. The van der Waals surface area contributed by atoms with Crippen molar-refractivity contribution in [1.29, 1.82) is 0 Å². The molecule has 0 radical (unpaired) electrons. The fourth-order valence-electron chi connectivity index (χ4n) is 5.34. The topological polar surface area (TPSA) is 128 Å². The van der Waals surface area contributed by atoms with Crippen molar-refractivity contribution in [1.82, 2.24) is 29.8 Å². The number of aromatic nitrogens is 4. The number of hydrogen-bond donors (Lipinski definition) is 2. The molecule has 2 amide bonds. The highest BCUT2D eigenvalue weighted by molar-refractivity contribution is 5.98. The number of halogens is 6. The van der Waals surface area contributed by atoms with Gasteiger partial charge >= 0.3 is 6.18 Å². The first-order chi connectivity index (χ1) is 19.7. The van der Waals surface area contributed by atoms with Gasteiger partial charge in [-0.25, -0.2) is 27.7 Å². The number of aryl methyl sites for hydroxylation is 1. The Balaban J connectivity index is 1.46. The number of amides is 2. The largest absolute Gasteiger partial charge is 0.480 e. The zero-order valence-electron chi connectivity index (χ0n) is 22.5. The quantitative estimate of drug-likeness (QED) is 0.439. The zero-order chi connectivity index (χ0) is 30.6. The van der Waals surface area contributed by atoms with E-state index in [2.05, 4.69) is 20.4 Å². The number of carbonyl (C=O) groups excluding carboxylic acids is 2. The molecule has 16 heteroatoms. The van der Waals surface area contributed by atoms with E-state index in [0.29, 0.717) is 0 Å². The summed E-state index contributed by atoms with van der Waals surface area (Å²) in [6.45, 7) is 0.759. The minimum absolute atomic E-state index is 0.0248. The average molecular weight is 587 g/mol. The second-order valence-corrected chi connectivity index (χ2v) is 10.1. The number of carbonyl (C=O) groups is 2. The molecular weight excluding hydrogens is 560 g/mol. The maximum atomic E-state index is 14.9. The fourth-order valence-corrected chi connectivity index (χ4v) is 5.34. The standard InChI is InChI=1S/C25H25F6N7O3/c1-11-13(18-6-15(25(29,30)31)19-20(32)33-10-34-38(18)19)5-14(22(35-11)41-2)21(39)36-17-9-37(8-16(17)26)23(40)12-3-4-24(27,28)7-12/h5-6,10,12,16-17H,3-4,7-9H2,1-2H3,(H,36,39)(H2,32,33,34)/t12?,16-,17+/m0/s1/i2D. The summed E-state index contributed by atoms with van der Waals surface area (Å²) >= 11 is 0. The van der Waals surface area contributed by atoms with Crippen LogP contribution < -0.4 is 15.8 Å². The third-order valence-electron chi connectivity index (χ3n) is 7.35. The second kappa shape index (κ2) is 10.1. The fraction of sp³-hybridized carbons (Fsp3) is 0.480. The van der Waals surface area contributed by atoms with Gasteiger partial charge < -0.3 is 20.7 Å². The van der Waals surface area contributed by atoms with Gasteiger partial charge in [0.2, 0.25) is 17.7 Å². The van der Waals surface area contributed by atoms with E-state index in [1.54, 1.807) is 0 Å². The predicted molar refractivity (Wildman–Crippen MR) is 132 cm³/mol. The van der Waals surface area contributed by atoms with Gasteiger partial charge in [0.25, 0.3) is 5.91 Å². The van der Waals surface area contributed by atoms with E-state index in [4.69, 9.17) is 11.8 Å². The SMILES string of the molecule is [2H]COc1nc(C)c(-c2cc(C(F)(F)F)c3c(N)ncnn23)cc1C(=O)N[C@@H]1CN(C(=O)C2CCC(F)(F)C2)C[C@@H]1F. The number of nitrogens with one attached hydrogen (secondary N) is 1. The van der Waals surface area contributed by atoms with Gasteiger partial charge in [0, 0.05) is 30.9 Å². The molecule has 41 heavy (non-hydrogen) atoms. The van der Waals surface area contributed by atoms with Gasteiger partial charge in [0.1, 0.15) is 23.6 Å². The van der Waals surface area contributed by atoms with E-state index < -0.39 is 85.4 Å². The normalized spacial score (nSPS) is 22.7. The summed E-state index contributed by atoms with van der Waals surface area (Å²) < 4.78 is 97.1. The van der Waals surface area contributed by atoms with E-state index in [0.717, 1.165) is 21.8 Å². The summed E-state index contributed by atoms with van der Waals surface area (Å²) in [7, 11) is -0.661. The molecule has 0 aromatic carbocycles. The number of anilines is 1. The molecule has 1 aliphatic carbocycles. The van der Waals surface area contributed by atoms with Crippen molar-refractivity contribution in [3.05, 3.63) is 35.3 Å². The maximum Gasteiger partial charge on any atom is 0.418 e. The summed E-state index contributed by atoms with van der Waals surface area (Å²) in [6, 6.07) is 0.742. The lowest BCUT2D eigenvalue weighted by Gasteiger charge is -2.20. The van der Waals surface area contributed by atoms with Crippen LogP contribution in [0.3, 0.4) is 0 Å². The first-order valence-electron chi connectivity index (χ1n) is 13.2. The number of hydrogen-bond acceptors (Lipinski definition) is 7. The number of nitrogens with zero attached hydrogens (tertiary/aromatic N) is 5. The predicted octanol–water partition coefficient (Wildman–Crippen LogP) is 3.42. The Bertz CT molecular complexity index is 1550. The third kappa shape index (κ3) is 5.22. The Morgan fingerprint density at radius 3 is 2.68 bits per heavy atom. The van der Waals surface area contributed by atoms with Crippen LogP contribution in [0.4, 0.5) is 32.2 Å². The molecule has 220 valence electrons. The van der Waals surface area contributed by atoms with Crippen molar-refractivity contribution in [2.45, 2.75) is 50.5 Å². The molecule has 0 spiro atoms. The Kier molecular flexibility index (Phi) is 6.65. The lowest BCUT2D eigenvalue weighted by Crippen LogP contribution is -2.42. The monoisotopic (exact) mass is 586 g/mol. The maximum absolute atomic E-state index is 14.9. The van der Waals surface area contributed by atoms with Gasteiger partial charge in [-0.05, 0) is 25.5 Å². The molecule has 3 aromatic heterocycles. The van der Waals surface area contributed by atoms with Gasteiger partial charge in [0.05, 0.1) is 38.0 Å². The third-order valence-corrected chi connectivity index (χ3v) is 7.35. The van der Waals surface area contributed by atoms with Crippen LogP contribution in [0.5, 0.6) is 5.88 Å². The van der Waals surface area contributed by atoms with Crippen molar-refractivity contribution < 1.29 is 42.0 Å². The number of fused-ring (bicyclic) bond motifs is 1. The summed E-state index contributed by atoms with van der Waals surface area (Å²) in [5, 5.41) is 6.33. The lowest BCUT2D eigenvalue weighted by molar-refractivity contribution is -0.136. The molecule has 1 saturated heterocycles. The summed E-state index contributed by atoms with van der Waals surface area (Å²) in [5.41, 5.74) is 3.80. The molecule has 2 fully saturated rings. The first kappa shape index (κ1) is 27.1. The molecular formula is C25H25F6N7O3. The lowest BCUT2D eigenvalue weighted by atomic mass is 10.1. The molecule has 1 aliphatic heterocycles. The minimum Gasteiger partial charge on any atom is -0.480 e. The molecule has 3 aromatic rings. The van der Waals surface area contributed by atoms with Crippen molar-refractivity contribution in [2.75, 3.05) is 25.9 Å². The number of likely N-dealkylation sites (tertiary alicyclic amines) is 1. The molecule has 1 unspecified atom stereocenters. The van der Waals surface area contributed by atoms with Crippen LogP contribution in [-0.4, -0.2) is 74.6 Å². The number of pyridine rings is 1. The Morgan fingerprint density at radius 2 is 2.02 bits per heavy atom. The molecule has 3 N–H and O–H groups in total. The Hall–Kier alpha value is -4.11. The molecule has 5 rings (SSSR count). The van der Waals surface area contributed by atoms with E-state index in [1.807, 2.05) is 0 Å². The van der Waals surface area contributed by atoms with Crippen LogP contribution in [0.2, 0.25) is 0 Å². The average Bonchev–Trinajstić information content (AvgIpc) is 3.59. The molecule has 3 atom stereocenters. The van der Waals surface area contributed by atoms with Crippen molar-refractivity contribution in [2.24, 2.45) is 5.92 Å².